The predicted molar refractivity (Wildman–Crippen MR) is 47.8 cm³/mol. The smallest absolute Gasteiger partial charge is 0.307 e. The third-order valence-corrected chi connectivity index (χ3v) is 2.63. The first kappa shape index (κ1) is 9.07. The predicted octanol–water partition coefficient (Wildman–Crippen LogP) is 0.197. The molecule has 0 saturated heterocycles. The molecule has 1 saturated carbocycles. The van der Waals surface area contributed by atoms with Gasteiger partial charge in [-0.2, -0.15) is 0 Å². The Morgan fingerprint density at radius 2 is 2.36 bits per heavy atom. The summed E-state index contributed by atoms with van der Waals surface area (Å²) in [6.45, 7) is 0. The molecule has 0 spiro atoms. The van der Waals surface area contributed by atoms with Crippen molar-refractivity contribution >= 4 is 28.4 Å². The van der Waals surface area contributed by atoms with Gasteiger partial charge in [0.15, 0.2) is 0 Å². The van der Waals surface area contributed by atoms with Gasteiger partial charge in [0, 0.05) is 11.5 Å². The maximum Gasteiger partial charge on any atom is 0.307 e. The molecule has 1 heterocycles. The first-order valence-corrected chi connectivity index (χ1v) is 4.77. The molecule has 1 aromatic rings. The van der Waals surface area contributed by atoms with E-state index in [-0.39, 0.29) is 5.91 Å². The average Bonchev–Trinajstić information content (AvgIpc) is 2.80. The van der Waals surface area contributed by atoms with Gasteiger partial charge < -0.3 is 10.4 Å². The van der Waals surface area contributed by atoms with Gasteiger partial charge in [-0.15, -0.1) is 5.10 Å². The van der Waals surface area contributed by atoms with Crippen molar-refractivity contribution in [3.05, 3.63) is 6.20 Å². The summed E-state index contributed by atoms with van der Waals surface area (Å²) in [7, 11) is 0. The number of carboxylic acid groups (broad SMARTS) is 1. The summed E-state index contributed by atoms with van der Waals surface area (Å²) in [5, 5.41) is 15.3. The second kappa shape index (κ2) is 3.33. The number of carboxylic acids is 1. The quantitative estimate of drug-likeness (QED) is 0.748. The van der Waals surface area contributed by atoms with Crippen LogP contribution in [-0.4, -0.2) is 26.6 Å². The van der Waals surface area contributed by atoms with Crippen LogP contribution in [-0.2, 0) is 9.59 Å². The van der Waals surface area contributed by atoms with Crippen LogP contribution in [0.4, 0.5) is 5.00 Å². The van der Waals surface area contributed by atoms with Gasteiger partial charge in [-0.05, 0) is 6.42 Å². The highest BCUT2D eigenvalue weighted by Crippen LogP contribution is 2.39. The minimum Gasteiger partial charge on any atom is -0.481 e. The van der Waals surface area contributed by atoms with Gasteiger partial charge in [0.05, 0.1) is 18.0 Å². The molecule has 74 valence electrons. The Morgan fingerprint density at radius 3 is 2.86 bits per heavy atom. The van der Waals surface area contributed by atoms with Crippen LogP contribution in [0, 0.1) is 11.8 Å². The minimum atomic E-state index is -0.910. The van der Waals surface area contributed by atoms with E-state index < -0.39 is 17.8 Å². The fourth-order valence-electron chi connectivity index (χ4n) is 1.19. The molecule has 0 aromatic carbocycles. The van der Waals surface area contributed by atoms with Crippen LogP contribution in [0.25, 0.3) is 0 Å². The van der Waals surface area contributed by atoms with Crippen molar-refractivity contribution in [2.24, 2.45) is 11.8 Å². The number of nitrogens with one attached hydrogen (secondary N) is 1. The van der Waals surface area contributed by atoms with Crippen LogP contribution in [0.5, 0.6) is 0 Å². The van der Waals surface area contributed by atoms with Gasteiger partial charge in [0.2, 0.25) is 5.91 Å². The Bertz CT molecular complexity index is 364. The van der Waals surface area contributed by atoms with Crippen molar-refractivity contribution < 1.29 is 14.7 Å². The maximum atomic E-state index is 11.4. The second-order valence-electron chi connectivity index (χ2n) is 3.06. The summed E-state index contributed by atoms with van der Waals surface area (Å²) in [6.07, 6.45) is 1.86. The molecule has 1 aliphatic carbocycles. The molecule has 7 heteroatoms. The number of carbonyl (C=O) groups excluding carboxylic acids is 1. The third-order valence-electron chi connectivity index (χ3n) is 2.05. The van der Waals surface area contributed by atoms with Crippen molar-refractivity contribution in [3.63, 3.8) is 0 Å². The number of hydrogen-bond acceptors (Lipinski definition) is 5. The summed E-state index contributed by atoms with van der Waals surface area (Å²) < 4.78 is 3.57. The summed E-state index contributed by atoms with van der Waals surface area (Å²) in [6, 6.07) is 0. The zero-order valence-electron chi connectivity index (χ0n) is 7.01. The number of nitrogens with zero attached hydrogens (tertiary/aromatic N) is 2. The lowest BCUT2D eigenvalue weighted by atomic mass is 10.3. The monoisotopic (exact) mass is 213 g/mol. The van der Waals surface area contributed by atoms with Crippen LogP contribution >= 0.6 is 11.5 Å². The first-order valence-electron chi connectivity index (χ1n) is 3.99. The number of rotatable bonds is 3. The third kappa shape index (κ3) is 1.72. The van der Waals surface area contributed by atoms with Gasteiger partial charge in [-0.25, -0.2) is 0 Å². The maximum absolute atomic E-state index is 11.4. The molecule has 0 unspecified atom stereocenters. The summed E-state index contributed by atoms with van der Waals surface area (Å²) in [5.41, 5.74) is 0. The molecular formula is C7H7N3O3S. The molecule has 6 nitrogen and oxygen atoms in total. The molecule has 0 bridgehead atoms. The van der Waals surface area contributed by atoms with Gasteiger partial charge in [0.25, 0.3) is 0 Å². The van der Waals surface area contributed by atoms with E-state index in [0.717, 1.165) is 11.5 Å². The van der Waals surface area contributed by atoms with E-state index in [4.69, 9.17) is 5.11 Å². The van der Waals surface area contributed by atoms with E-state index in [1.807, 2.05) is 0 Å². The number of hydrogen-bond donors (Lipinski definition) is 2. The summed E-state index contributed by atoms with van der Waals surface area (Å²) in [4.78, 5) is 21.8. The lowest BCUT2D eigenvalue weighted by Crippen LogP contribution is -2.16. The van der Waals surface area contributed by atoms with Gasteiger partial charge >= 0.3 is 5.97 Å². The van der Waals surface area contributed by atoms with Crippen molar-refractivity contribution in [2.75, 3.05) is 5.32 Å². The van der Waals surface area contributed by atoms with Crippen molar-refractivity contribution in [2.45, 2.75) is 6.42 Å². The number of aliphatic carboxylic acids is 1. The highest BCUT2D eigenvalue weighted by atomic mass is 32.1. The van der Waals surface area contributed by atoms with Gasteiger partial charge in [-0.3, -0.25) is 9.59 Å². The molecule has 1 aromatic heterocycles. The van der Waals surface area contributed by atoms with Crippen LogP contribution in [0.1, 0.15) is 6.42 Å². The standard InChI is InChI=1S/C7H7N3O3S/c11-6(3-1-4(3)7(12)13)9-5-2-8-10-14-5/h2-4H,1H2,(H,9,11)(H,12,13)/t3-,4+/m1/s1. The Labute approximate surface area is 83.1 Å². The SMILES string of the molecule is O=C(O)[C@H]1C[C@H]1C(=O)Nc1cnns1. The van der Waals surface area contributed by atoms with E-state index in [9.17, 15) is 9.59 Å². The Hall–Kier alpha value is -1.50. The van der Waals surface area contributed by atoms with E-state index in [1.54, 1.807) is 0 Å². The molecule has 14 heavy (non-hydrogen) atoms. The average molecular weight is 213 g/mol. The molecular weight excluding hydrogens is 206 g/mol. The fraction of sp³-hybridized carbons (Fsp3) is 0.429. The zero-order chi connectivity index (χ0) is 10.1. The van der Waals surface area contributed by atoms with Crippen LogP contribution < -0.4 is 5.32 Å². The molecule has 2 atom stereocenters. The first-order chi connectivity index (χ1) is 6.68. The molecule has 1 aliphatic rings. The molecule has 2 N–H and O–H groups in total. The van der Waals surface area contributed by atoms with Crippen molar-refractivity contribution in [1.29, 1.82) is 0 Å². The molecule has 0 aliphatic heterocycles. The number of carbonyl (C=O) groups is 2. The number of anilines is 1. The zero-order valence-corrected chi connectivity index (χ0v) is 7.82. The highest BCUT2D eigenvalue weighted by molar-refractivity contribution is 7.10. The van der Waals surface area contributed by atoms with Crippen molar-refractivity contribution in [1.82, 2.24) is 9.59 Å². The topological polar surface area (TPSA) is 92.2 Å². The lowest BCUT2D eigenvalue weighted by molar-refractivity contribution is -0.139. The van der Waals surface area contributed by atoms with Crippen LogP contribution in [0.15, 0.2) is 6.20 Å². The fourth-order valence-corrected chi connectivity index (χ4v) is 1.62. The van der Waals surface area contributed by atoms with E-state index in [2.05, 4.69) is 14.9 Å². The second-order valence-corrected chi connectivity index (χ2v) is 3.84. The largest absolute Gasteiger partial charge is 0.481 e. The van der Waals surface area contributed by atoms with Gasteiger partial charge in [-0.1, -0.05) is 4.49 Å². The summed E-state index contributed by atoms with van der Waals surface area (Å²) in [5.74, 6) is -2.08. The lowest BCUT2D eigenvalue weighted by Gasteiger charge is -1.97. The highest BCUT2D eigenvalue weighted by Gasteiger charge is 2.48. The molecule has 0 radical (unpaired) electrons. The number of amides is 1. The van der Waals surface area contributed by atoms with Crippen LogP contribution in [0.3, 0.4) is 0 Å². The molecule has 2 rings (SSSR count). The molecule has 1 fully saturated rings. The number of aromatic nitrogens is 2. The summed E-state index contributed by atoms with van der Waals surface area (Å²) >= 11 is 1.07. The van der Waals surface area contributed by atoms with Crippen molar-refractivity contribution in [3.8, 4) is 0 Å². The Morgan fingerprint density at radius 1 is 1.57 bits per heavy atom. The normalized spacial score (nSPS) is 24.3. The van der Waals surface area contributed by atoms with Crippen LogP contribution in [0.2, 0.25) is 0 Å². The Kier molecular flexibility index (Phi) is 2.16. The van der Waals surface area contributed by atoms with E-state index in [1.165, 1.54) is 6.20 Å². The molecule has 1 amide bonds. The Balaban J connectivity index is 1.90. The van der Waals surface area contributed by atoms with Gasteiger partial charge in [0.1, 0.15) is 5.00 Å². The minimum absolute atomic E-state index is 0.261. The van der Waals surface area contributed by atoms with E-state index >= 15 is 0 Å². The van der Waals surface area contributed by atoms with E-state index in [0.29, 0.717) is 11.4 Å².